The van der Waals surface area contributed by atoms with Gasteiger partial charge < -0.3 is 15.7 Å². The maximum Gasteiger partial charge on any atom is 0.326 e. The van der Waals surface area contributed by atoms with Gasteiger partial charge in [0.25, 0.3) is 5.91 Å². The van der Waals surface area contributed by atoms with Gasteiger partial charge in [-0.3, -0.25) is 9.59 Å². The van der Waals surface area contributed by atoms with Crippen molar-refractivity contribution in [2.45, 2.75) is 35.9 Å². The molecule has 0 unspecified atom stereocenters. The van der Waals surface area contributed by atoms with Crippen LogP contribution in [-0.4, -0.2) is 60.3 Å². The Kier molecular flexibility index (Phi) is 9.37. The van der Waals surface area contributed by atoms with Crippen LogP contribution in [0.1, 0.15) is 27.9 Å². The monoisotopic (exact) mass is 622 g/mol. The molecule has 1 heterocycles. The first-order valence-corrected chi connectivity index (χ1v) is 15.7. The molecule has 2 amide bonds. The Morgan fingerprint density at radius 3 is 2.16 bits per heavy atom. The molecular weight excluding hydrogens is 592 g/mol. The zero-order chi connectivity index (χ0) is 32.0. The number of hydrogen-bond donors (Lipinski definition) is 3. The SMILES string of the molecule is N#Cc1ccccc1-c1ccc(C[C@H](NC(=O)[C@@H]2C[C@@H](NC(=O)c3ccccc3)CN2S(=O)(=O)c2ccccc2)C(=O)O)cc1. The zero-order valence-corrected chi connectivity index (χ0v) is 24.9. The van der Waals surface area contributed by atoms with Crippen molar-refractivity contribution in [2.24, 2.45) is 0 Å². The van der Waals surface area contributed by atoms with Crippen molar-refractivity contribution in [3.05, 3.63) is 126 Å². The molecule has 0 saturated carbocycles. The summed E-state index contributed by atoms with van der Waals surface area (Å²) in [6.45, 7) is -0.169. The number of aliphatic carboxylic acids is 1. The summed E-state index contributed by atoms with van der Waals surface area (Å²) in [5.74, 6) is -2.48. The molecule has 5 rings (SSSR count). The molecule has 1 saturated heterocycles. The van der Waals surface area contributed by atoms with Gasteiger partial charge in [0.1, 0.15) is 12.1 Å². The molecule has 0 radical (unpaired) electrons. The van der Waals surface area contributed by atoms with Gasteiger partial charge in [0, 0.05) is 24.6 Å². The number of carboxylic acids is 1. The molecule has 0 aliphatic carbocycles. The van der Waals surface area contributed by atoms with Crippen LogP contribution in [0.5, 0.6) is 0 Å². The molecule has 0 aromatic heterocycles. The molecular formula is C34H30N4O6S. The largest absolute Gasteiger partial charge is 0.480 e. The Labute approximate surface area is 261 Å². The van der Waals surface area contributed by atoms with Crippen LogP contribution < -0.4 is 10.6 Å². The number of carbonyl (C=O) groups is 3. The fourth-order valence-electron chi connectivity index (χ4n) is 5.36. The van der Waals surface area contributed by atoms with Crippen molar-refractivity contribution in [3.63, 3.8) is 0 Å². The van der Waals surface area contributed by atoms with Gasteiger partial charge in [-0.25, -0.2) is 13.2 Å². The molecule has 3 N–H and O–H groups in total. The molecule has 0 bridgehead atoms. The van der Waals surface area contributed by atoms with Crippen molar-refractivity contribution in [1.82, 2.24) is 14.9 Å². The first-order chi connectivity index (χ1) is 21.7. The number of carbonyl (C=O) groups excluding carboxylic acids is 2. The van der Waals surface area contributed by atoms with E-state index in [0.29, 0.717) is 16.7 Å². The lowest BCUT2D eigenvalue weighted by molar-refractivity contribution is -0.142. The highest BCUT2D eigenvalue weighted by Crippen LogP contribution is 2.28. The Bertz CT molecular complexity index is 1840. The summed E-state index contributed by atoms with van der Waals surface area (Å²) >= 11 is 0. The molecule has 45 heavy (non-hydrogen) atoms. The number of carboxylic acid groups (broad SMARTS) is 1. The van der Waals surface area contributed by atoms with Crippen LogP contribution in [0.3, 0.4) is 0 Å². The predicted molar refractivity (Wildman–Crippen MR) is 166 cm³/mol. The van der Waals surface area contributed by atoms with Crippen LogP contribution in [0.25, 0.3) is 11.1 Å². The fraction of sp³-hybridized carbons (Fsp3) is 0.176. The number of benzene rings is 4. The van der Waals surface area contributed by atoms with Crippen molar-refractivity contribution in [3.8, 4) is 17.2 Å². The van der Waals surface area contributed by atoms with E-state index in [1.807, 2.05) is 12.1 Å². The number of sulfonamides is 1. The Morgan fingerprint density at radius 1 is 0.889 bits per heavy atom. The minimum Gasteiger partial charge on any atom is -0.480 e. The second-order valence-corrected chi connectivity index (χ2v) is 12.5. The first-order valence-electron chi connectivity index (χ1n) is 14.2. The Balaban J connectivity index is 1.35. The topological polar surface area (TPSA) is 157 Å². The third-order valence-electron chi connectivity index (χ3n) is 7.65. The standard InChI is InChI=1S/C34H30N4O6S/c35-21-26-11-7-8-14-29(26)24-17-15-23(16-18-24)19-30(34(41)42)37-33(40)31-20-27(36-32(39)25-9-3-1-4-10-25)22-38(31)45(43,44)28-12-5-2-6-13-28/h1-18,27,30-31H,19-20,22H2,(H,36,39)(H,37,40)(H,41,42)/t27-,30+,31+/m1/s1. The highest BCUT2D eigenvalue weighted by Gasteiger charge is 2.45. The zero-order valence-electron chi connectivity index (χ0n) is 24.0. The van der Waals surface area contributed by atoms with Crippen molar-refractivity contribution in [1.29, 1.82) is 5.26 Å². The minimum absolute atomic E-state index is 0.0225. The van der Waals surface area contributed by atoms with Crippen LogP contribution in [0.15, 0.2) is 114 Å². The number of rotatable bonds is 10. The van der Waals surface area contributed by atoms with Gasteiger partial charge in [-0.15, -0.1) is 0 Å². The van der Waals surface area contributed by atoms with E-state index >= 15 is 0 Å². The summed E-state index contributed by atoms with van der Waals surface area (Å²) in [4.78, 5) is 38.7. The second-order valence-electron chi connectivity index (χ2n) is 10.6. The molecule has 1 fully saturated rings. The van der Waals surface area contributed by atoms with Gasteiger partial charge >= 0.3 is 5.97 Å². The molecule has 0 spiro atoms. The molecule has 1 aliphatic rings. The number of amides is 2. The van der Waals surface area contributed by atoms with Crippen LogP contribution in [0.2, 0.25) is 0 Å². The van der Waals surface area contributed by atoms with Crippen LogP contribution in [0.4, 0.5) is 0 Å². The van der Waals surface area contributed by atoms with Gasteiger partial charge in [-0.1, -0.05) is 78.9 Å². The predicted octanol–water partition coefficient (Wildman–Crippen LogP) is 3.60. The number of hydrogen-bond acceptors (Lipinski definition) is 6. The summed E-state index contributed by atoms with van der Waals surface area (Å²) in [7, 11) is -4.17. The lowest BCUT2D eigenvalue weighted by atomic mass is 9.97. The smallest absolute Gasteiger partial charge is 0.326 e. The second kappa shape index (κ2) is 13.5. The van der Waals surface area contributed by atoms with E-state index in [2.05, 4.69) is 16.7 Å². The van der Waals surface area contributed by atoms with Crippen molar-refractivity contribution >= 4 is 27.8 Å². The maximum absolute atomic E-state index is 13.7. The van der Waals surface area contributed by atoms with E-state index in [-0.39, 0.29) is 24.3 Å². The van der Waals surface area contributed by atoms with E-state index in [4.69, 9.17) is 0 Å². The molecule has 4 aromatic rings. The Hall–Kier alpha value is -5.31. The first kappa shape index (κ1) is 31.1. The number of nitrogens with one attached hydrogen (secondary N) is 2. The van der Waals surface area contributed by atoms with E-state index in [1.165, 1.54) is 12.1 Å². The highest BCUT2D eigenvalue weighted by molar-refractivity contribution is 7.89. The third-order valence-corrected chi connectivity index (χ3v) is 9.54. The maximum atomic E-state index is 13.7. The van der Waals surface area contributed by atoms with E-state index in [9.17, 15) is 33.2 Å². The van der Waals surface area contributed by atoms with E-state index < -0.39 is 45.9 Å². The summed E-state index contributed by atoms with van der Waals surface area (Å²) in [6, 6.07) is 29.0. The number of nitriles is 1. The molecule has 3 atom stereocenters. The summed E-state index contributed by atoms with van der Waals surface area (Å²) < 4.78 is 28.3. The van der Waals surface area contributed by atoms with Crippen molar-refractivity contribution in [2.75, 3.05) is 6.54 Å². The fourth-order valence-corrected chi connectivity index (χ4v) is 7.02. The molecule has 10 nitrogen and oxygen atoms in total. The molecule has 1 aliphatic heterocycles. The van der Waals surface area contributed by atoms with Gasteiger partial charge in [-0.05, 0) is 53.4 Å². The Morgan fingerprint density at radius 2 is 1.51 bits per heavy atom. The van der Waals surface area contributed by atoms with Crippen LogP contribution >= 0.6 is 0 Å². The van der Waals surface area contributed by atoms with E-state index in [0.717, 1.165) is 15.4 Å². The average Bonchev–Trinajstić information content (AvgIpc) is 3.50. The summed E-state index contributed by atoms with van der Waals surface area (Å²) in [5.41, 5.74) is 3.03. The minimum atomic E-state index is -4.17. The molecule has 4 aromatic carbocycles. The molecule has 11 heteroatoms. The molecule has 228 valence electrons. The van der Waals surface area contributed by atoms with Gasteiger partial charge in [0.05, 0.1) is 16.5 Å². The van der Waals surface area contributed by atoms with Crippen LogP contribution in [-0.2, 0) is 26.0 Å². The lowest BCUT2D eigenvalue weighted by Gasteiger charge is -2.25. The average molecular weight is 623 g/mol. The van der Waals surface area contributed by atoms with Crippen LogP contribution in [0, 0.1) is 11.3 Å². The highest BCUT2D eigenvalue weighted by atomic mass is 32.2. The summed E-state index contributed by atoms with van der Waals surface area (Å²) in [5, 5.41) is 24.7. The lowest BCUT2D eigenvalue weighted by Crippen LogP contribution is -2.51. The summed E-state index contributed by atoms with van der Waals surface area (Å²) in [6.07, 6.45) is -0.108. The quantitative estimate of drug-likeness (QED) is 0.244. The number of nitrogens with zero attached hydrogens (tertiary/aromatic N) is 2. The van der Waals surface area contributed by atoms with E-state index in [1.54, 1.807) is 84.9 Å². The van der Waals surface area contributed by atoms with Crippen molar-refractivity contribution < 1.29 is 27.9 Å². The normalized spacial score (nSPS) is 17.1. The third kappa shape index (κ3) is 7.09. The van der Waals surface area contributed by atoms with Gasteiger partial charge in [0.2, 0.25) is 15.9 Å². The van der Waals surface area contributed by atoms with Gasteiger partial charge in [0.15, 0.2) is 0 Å². The van der Waals surface area contributed by atoms with Gasteiger partial charge in [-0.2, -0.15) is 9.57 Å².